The lowest BCUT2D eigenvalue weighted by Crippen LogP contribution is -2.46. The van der Waals surface area contributed by atoms with Gasteiger partial charge in [-0.15, -0.1) is 11.3 Å². The van der Waals surface area contributed by atoms with E-state index in [1.165, 1.54) is 6.42 Å². The van der Waals surface area contributed by atoms with E-state index < -0.39 is 0 Å². The molecule has 4 nitrogen and oxygen atoms in total. The highest BCUT2D eigenvalue weighted by atomic mass is 32.1. The normalized spacial score (nSPS) is 20.1. The number of hydrogen-bond acceptors (Lipinski definition) is 4. The van der Waals surface area contributed by atoms with Gasteiger partial charge in [-0.1, -0.05) is 20.3 Å². The molecule has 1 amide bonds. The molecule has 0 bridgehead atoms. The zero-order valence-electron chi connectivity index (χ0n) is 11.0. The summed E-state index contributed by atoms with van der Waals surface area (Å²) < 4.78 is 0. The molecule has 0 aromatic carbocycles. The smallest absolute Gasteiger partial charge is 0.237 e. The van der Waals surface area contributed by atoms with Crippen LogP contribution in [0.5, 0.6) is 0 Å². The van der Waals surface area contributed by atoms with Crippen LogP contribution in [0.1, 0.15) is 49.7 Å². The van der Waals surface area contributed by atoms with Crippen molar-refractivity contribution in [3.05, 3.63) is 16.1 Å². The molecule has 5 heteroatoms. The van der Waals surface area contributed by atoms with Gasteiger partial charge in [0.1, 0.15) is 5.01 Å². The van der Waals surface area contributed by atoms with Crippen LogP contribution in [-0.4, -0.2) is 23.5 Å². The predicted octanol–water partition coefficient (Wildman–Crippen LogP) is 2.02. The third kappa shape index (κ3) is 3.53. The van der Waals surface area contributed by atoms with Crippen LogP contribution < -0.4 is 10.6 Å². The van der Waals surface area contributed by atoms with Crippen LogP contribution in [0.3, 0.4) is 0 Å². The van der Waals surface area contributed by atoms with Crippen molar-refractivity contribution in [2.75, 3.05) is 6.54 Å². The Kier molecular flexibility index (Phi) is 4.72. The monoisotopic (exact) mass is 267 g/mol. The lowest BCUT2D eigenvalue weighted by Gasteiger charge is -2.22. The molecular weight excluding hydrogens is 246 g/mol. The molecule has 1 atom stereocenters. The van der Waals surface area contributed by atoms with Crippen molar-refractivity contribution >= 4 is 17.2 Å². The van der Waals surface area contributed by atoms with E-state index in [2.05, 4.69) is 34.8 Å². The Morgan fingerprint density at radius 1 is 1.61 bits per heavy atom. The van der Waals surface area contributed by atoms with E-state index >= 15 is 0 Å². The zero-order valence-corrected chi connectivity index (χ0v) is 11.8. The van der Waals surface area contributed by atoms with Crippen LogP contribution in [0.2, 0.25) is 0 Å². The summed E-state index contributed by atoms with van der Waals surface area (Å²) in [5.41, 5.74) is 1.11. The van der Waals surface area contributed by atoms with Crippen molar-refractivity contribution in [3.8, 4) is 0 Å². The summed E-state index contributed by atoms with van der Waals surface area (Å²) >= 11 is 1.62. The lowest BCUT2D eigenvalue weighted by molar-refractivity contribution is -0.123. The summed E-state index contributed by atoms with van der Waals surface area (Å²) in [6.07, 6.45) is 3.26. The van der Waals surface area contributed by atoms with Crippen molar-refractivity contribution in [2.24, 2.45) is 0 Å². The summed E-state index contributed by atoms with van der Waals surface area (Å²) in [6, 6.07) is -0.0109. The highest BCUT2D eigenvalue weighted by molar-refractivity contribution is 7.09. The molecular formula is C13H21N3OS. The summed E-state index contributed by atoms with van der Waals surface area (Å²) in [4.78, 5) is 16.4. The average Bonchev–Trinajstić information content (AvgIpc) is 2.86. The summed E-state index contributed by atoms with van der Waals surface area (Å²) in [5.74, 6) is 0.557. The molecule has 0 aliphatic carbocycles. The quantitative estimate of drug-likeness (QED) is 0.877. The molecule has 2 N–H and O–H groups in total. The van der Waals surface area contributed by atoms with Gasteiger partial charge >= 0.3 is 0 Å². The largest absolute Gasteiger partial charge is 0.348 e. The first-order chi connectivity index (χ1) is 8.66. The van der Waals surface area contributed by atoms with Gasteiger partial charge in [0.05, 0.1) is 18.3 Å². The Morgan fingerprint density at radius 3 is 3.06 bits per heavy atom. The Hall–Kier alpha value is -0.940. The van der Waals surface area contributed by atoms with E-state index in [1.807, 2.05) is 0 Å². The predicted molar refractivity (Wildman–Crippen MR) is 73.7 cm³/mol. The topological polar surface area (TPSA) is 54.0 Å². The molecule has 0 spiro atoms. The fourth-order valence-corrected chi connectivity index (χ4v) is 2.93. The van der Waals surface area contributed by atoms with Crippen LogP contribution >= 0.6 is 11.3 Å². The number of amides is 1. The van der Waals surface area contributed by atoms with Gasteiger partial charge in [-0.05, 0) is 25.3 Å². The lowest BCUT2D eigenvalue weighted by atomic mass is 10.0. The molecule has 0 radical (unpaired) electrons. The van der Waals surface area contributed by atoms with Gasteiger partial charge in [0.15, 0.2) is 0 Å². The van der Waals surface area contributed by atoms with Crippen LogP contribution in [0.4, 0.5) is 0 Å². The molecule has 1 aliphatic heterocycles. The second kappa shape index (κ2) is 6.29. The van der Waals surface area contributed by atoms with E-state index in [4.69, 9.17) is 0 Å². The van der Waals surface area contributed by atoms with E-state index in [0.717, 1.165) is 30.1 Å². The number of hydrogen-bond donors (Lipinski definition) is 2. The van der Waals surface area contributed by atoms with Gasteiger partial charge in [-0.3, -0.25) is 4.79 Å². The summed E-state index contributed by atoms with van der Waals surface area (Å²) in [6.45, 7) is 5.76. The van der Waals surface area contributed by atoms with E-state index in [9.17, 15) is 4.79 Å². The van der Waals surface area contributed by atoms with Gasteiger partial charge in [0.2, 0.25) is 5.91 Å². The van der Waals surface area contributed by atoms with Crippen LogP contribution in [-0.2, 0) is 11.3 Å². The Labute approximate surface area is 112 Å². The SMILES string of the molecule is CC(C)c1csc(CNC(=O)[C@H]2CCCCN2)n1. The molecule has 1 aromatic heterocycles. The number of thiazole rings is 1. The minimum absolute atomic E-state index is 0.0109. The maximum atomic E-state index is 11.9. The number of piperidine rings is 1. The van der Waals surface area contributed by atoms with Gasteiger partial charge in [0.25, 0.3) is 0 Å². The third-order valence-corrected chi connectivity index (χ3v) is 4.07. The first-order valence-corrected chi connectivity index (χ1v) is 7.50. The standard InChI is InChI=1S/C13H21N3OS/c1-9(2)11-8-18-12(16-11)7-15-13(17)10-5-3-4-6-14-10/h8-10,14H,3-7H2,1-2H3,(H,15,17)/t10-/m1/s1. The molecule has 18 heavy (non-hydrogen) atoms. The van der Waals surface area contributed by atoms with Gasteiger partial charge in [-0.25, -0.2) is 4.98 Å². The highest BCUT2D eigenvalue weighted by Crippen LogP contribution is 2.17. The molecule has 1 fully saturated rings. The van der Waals surface area contributed by atoms with Crippen molar-refractivity contribution in [3.63, 3.8) is 0 Å². The Bertz CT molecular complexity index is 397. The molecule has 2 rings (SSSR count). The molecule has 1 saturated heterocycles. The van der Waals surface area contributed by atoms with Gasteiger partial charge in [0, 0.05) is 5.38 Å². The van der Waals surface area contributed by atoms with Crippen molar-refractivity contribution in [1.82, 2.24) is 15.6 Å². The maximum Gasteiger partial charge on any atom is 0.237 e. The second-order valence-corrected chi connectivity index (χ2v) is 5.98. The fourth-order valence-electron chi connectivity index (χ4n) is 2.03. The third-order valence-electron chi connectivity index (χ3n) is 3.20. The van der Waals surface area contributed by atoms with Crippen molar-refractivity contribution in [2.45, 2.75) is 51.6 Å². The minimum atomic E-state index is -0.0109. The molecule has 100 valence electrons. The molecule has 0 saturated carbocycles. The summed E-state index contributed by atoms with van der Waals surface area (Å²) in [7, 11) is 0. The number of carbonyl (C=O) groups is 1. The van der Waals surface area contributed by atoms with Crippen molar-refractivity contribution in [1.29, 1.82) is 0 Å². The first-order valence-electron chi connectivity index (χ1n) is 6.62. The van der Waals surface area contributed by atoms with E-state index in [-0.39, 0.29) is 11.9 Å². The minimum Gasteiger partial charge on any atom is -0.348 e. The summed E-state index contributed by atoms with van der Waals surface area (Å²) in [5, 5.41) is 9.28. The van der Waals surface area contributed by atoms with Crippen LogP contribution in [0, 0.1) is 0 Å². The zero-order chi connectivity index (χ0) is 13.0. The molecule has 0 unspecified atom stereocenters. The van der Waals surface area contributed by atoms with Crippen LogP contribution in [0.15, 0.2) is 5.38 Å². The van der Waals surface area contributed by atoms with Crippen LogP contribution in [0.25, 0.3) is 0 Å². The maximum absolute atomic E-state index is 11.9. The Morgan fingerprint density at radius 2 is 2.44 bits per heavy atom. The average molecular weight is 267 g/mol. The number of nitrogens with one attached hydrogen (secondary N) is 2. The highest BCUT2D eigenvalue weighted by Gasteiger charge is 2.20. The van der Waals surface area contributed by atoms with E-state index in [0.29, 0.717) is 12.5 Å². The fraction of sp³-hybridized carbons (Fsp3) is 0.692. The Balaban J connectivity index is 1.81. The first kappa shape index (κ1) is 13.5. The number of nitrogens with zero attached hydrogens (tertiary/aromatic N) is 1. The molecule has 1 aliphatic rings. The van der Waals surface area contributed by atoms with Gasteiger partial charge in [-0.2, -0.15) is 0 Å². The second-order valence-electron chi connectivity index (χ2n) is 5.04. The van der Waals surface area contributed by atoms with E-state index in [1.54, 1.807) is 11.3 Å². The van der Waals surface area contributed by atoms with Gasteiger partial charge < -0.3 is 10.6 Å². The molecule has 2 heterocycles. The number of aromatic nitrogens is 1. The molecule has 1 aromatic rings. The van der Waals surface area contributed by atoms with Crippen molar-refractivity contribution < 1.29 is 4.79 Å². The number of carbonyl (C=O) groups excluding carboxylic acids is 1. The number of rotatable bonds is 4.